The van der Waals surface area contributed by atoms with Crippen molar-refractivity contribution in [3.63, 3.8) is 0 Å². The molecule has 0 spiro atoms. The van der Waals surface area contributed by atoms with Crippen molar-refractivity contribution in [2.75, 3.05) is 26.7 Å². The van der Waals surface area contributed by atoms with Crippen molar-refractivity contribution in [3.8, 4) is 11.5 Å². The molecule has 1 aromatic heterocycles. The third kappa shape index (κ3) is 4.50. The van der Waals surface area contributed by atoms with Crippen molar-refractivity contribution in [1.82, 2.24) is 9.80 Å². The van der Waals surface area contributed by atoms with Crippen LogP contribution in [0.1, 0.15) is 46.0 Å². The zero-order valence-corrected chi connectivity index (χ0v) is 22.1. The summed E-state index contributed by atoms with van der Waals surface area (Å²) in [6.07, 6.45) is 3.51. The predicted octanol–water partition coefficient (Wildman–Crippen LogP) is 7.01. The fourth-order valence-electron chi connectivity index (χ4n) is 5.77. The van der Waals surface area contributed by atoms with E-state index in [0.29, 0.717) is 5.75 Å². The molecule has 6 rings (SSSR count). The molecular formula is C30H31ClN2O2S. The number of aromatic hydroxyl groups is 1. The lowest BCUT2D eigenvalue weighted by atomic mass is 9.87. The summed E-state index contributed by atoms with van der Waals surface area (Å²) in [6.45, 7) is 5.09. The van der Waals surface area contributed by atoms with Crippen molar-refractivity contribution < 1.29 is 9.84 Å². The molecule has 186 valence electrons. The maximum absolute atomic E-state index is 10.7. The number of thiophene rings is 1. The lowest BCUT2D eigenvalue weighted by Gasteiger charge is -2.38. The van der Waals surface area contributed by atoms with Crippen LogP contribution in [0.3, 0.4) is 0 Å². The largest absolute Gasteiger partial charge is 0.504 e. The Morgan fingerprint density at radius 2 is 1.78 bits per heavy atom. The number of ether oxygens (including phenoxy) is 1. The van der Waals surface area contributed by atoms with E-state index >= 15 is 0 Å². The quantitative estimate of drug-likeness (QED) is 0.298. The Morgan fingerprint density at radius 3 is 2.53 bits per heavy atom. The lowest BCUT2D eigenvalue weighted by molar-refractivity contribution is 0.205. The van der Waals surface area contributed by atoms with Gasteiger partial charge in [0, 0.05) is 34.6 Å². The Morgan fingerprint density at radius 1 is 1.00 bits per heavy atom. The third-order valence-corrected chi connectivity index (χ3v) is 9.32. The Hall–Kier alpha value is -2.57. The standard InChI is InChI=1S/C30H31ClN2O2S/c1-35-26-16-22-12-15-33(19-28-29(31)23-6-2-3-7-27(23)36-28)30(24(22)17-25(26)34)21-10-8-20(9-11-21)18-32-13-4-5-14-32/h2-3,6-11,16-17,30,34H,4-5,12-15,18-19H2,1H3. The molecule has 2 aliphatic heterocycles. The van der Waals surface area contributed by atoms with Gasteiger partial charge < -0.3 is 9.84 Å². The molecule has 1 N–H and O–H groups in total. The van der Waals surface area contributed by atoms with Crippen LogP contribution in [-0.4, -0.2) is 41.7 Å². The van der Waals surface area contributed by atoms with Gasteiger partial charge in [0.2, 0.25) is 0 Å². The number of halogens is 1. The van der Waals surface area contributed by atoms with E-state index in [1.807, 2.05) is 18.2 Å². The van der Waals surface area contributed by atoms with Crippen LogP contribution in [-0.2, 0) is 19.5 Å². The van der Waals surface area contributed by atoms with Crippen molar-refractivity contribution in [2.24, 2.45) is 0 Å². The smallest absolute Gasteiger partial charge is 0.160 e. The minimum absolute atomic E-state index is 0.0349. The van der Waals surface area contributed by atoms with E-state index in [0.717, 1.165) is 42.0 Å². The van der Waals surface area contributed by atoms with Gasteiger partial charge in [-0.05, 0) is 72.8 Å². The Balaban J connectivity index is 1.36. The highest BCUT2D eigenvalue weighted by molar-refractivity contribution is 7.19. The summed E-state index contributed by atoms with van der Waals surface area (Å²) < 4.78 is 6.64. The van der Waals surface area contributed by atoms with Crippen LogP contribution < -0.4 is 4.74 Å². The molecule has 3 aromatic carbocycles. The molecule has 0 radical (unpaired) electrons. The van der Waals surface area contributed by atoms with E-state index in [4.69, 9.17) is 16.3 Å². The number of phenols is 1. The fraction of sp³-hybridized carbons (Fsp3) is 0.333. The molecule has 3 heterocycles. The van der Waals surface area contributed by atoms with Gasteiger partial charge in [0.15, 0.2) is 11.5 Å². The molecule has 1 atom stereocenters. The second-order valence-corrected chi connectivity index (χ2v) is 11.4. The number of hydrogen-bond acceptors (Lipinski definition) is 5. The number of fused-ring (bicyclic) bond motifs is 2. The van der Waals surface area contributed by atoms with E-state index in [1.54, 1.807) is 18.4 Å². The number of phenolic OH excluding ortho intramolecular Hbond substituents is 1. The Labute approximate surface area is 221 Å². The normalized spacial score (nSPS) is 18.6. The molecule has 36 heavy (non-hydrogen) atoms. The van der Waals surface area contributed by atoms with Crippen molar-refractivity contribution in [2.45, 2.75) is 38.4 Å². The molecule has 0 amide bonds. The highest BCUT2D eigenvalue weighted by Gasteiger charge is 2.31. The van der Waals surface area contributed by atoms with Crippen LogP contribution in [0.4, 0.5) is 0 Å². The molecule has 1 unspecified atom stereocenters. The predicted molar refractivity (Wildman–Crippen MR) is 148 cm³/mol. The van der Waals surface area contributed by atoms with Crippen molar-refractivity contribution in [1.29, 1.82) is 0 Å². The maximum atomic E-state index is 10.7. The van der Waals surface area contributed by atoms with Crippen LogP contribution in [0.25, 0.3) is 10.1 Å². The van der Waals surface area contributed by atoms with Crippen molar-refractivity contribution >= 4 is 33.0 Å². The van der Waals surface area contributed by atoms with Crippen LogP contribution in [0, 0.1) is 0 Å². The van der Waals surface area contributed by atoms with Crippen molar-refractivity contribution in [3.05, 3.63) is 92.8 Å². The van der Waals surface area contributed by atoms with Gasteiger partial charge in [-0.1, -0.05) is 54.1 Å². The van der Waals surface area contributed by atoms with Gasteiger partial charge in [-0.3, -0.25) is 9.80 Å². The molecule has 6 heteroatoms. The highest BCUT2D eigenvalue weighted by atomic mass is 35.5. The minimum atomic E-state index is 0.0349. The zero-order valence-electron chi connectivity index (χ0n) is 20.5. The number of rotatable bonds is 6. The van der Waals surface area contributed by atoms with E-state index in [1.165, 1.54) is 52.2 Å². The van der Waals surface area contributed by atoms with Gasteiger partial charge in [-0.25, -0.2) is 0 Å². The molecular weight excluding hydrogens is 488 g/mol. The summed E-state index contributed by atoms with van der Waals surface area (Å²) in [5, 5.41) is 12.7. The second-order valence-electron chi connectivity index (χ2n) is 9.91. The van der Waals surface area contributed by atoms with Gasteiger partial charge in [-0.2, -0.15) is 0 Å². The fourth-order valence-corrected chi connectivity index (χ4v) is 7.29. The van der Waals surface area contributed by atoms with Gasteiger partial charge in [0.05, 0.1) is 18.2 Å². The summed E-state index contributed by atoms with van der Waals surface area (Å²) >= 11 is 8.64. The van der Waals surface area contributed by atoms with Crippen LogP contribution in [0.2, 0.25) is 5.02 Å². The molecule has 4 nitrogen and oxygen atoms in total. The highest BCUT2D eigenvalue weighted by Crippen LogP contribution is 2.43. The molecule has 0 saturated carbocycles. The molecule has 0 aliphatic carbocycles. The van der Waals surface area contributed by atoms with E-state index in [9.17, 15) is 5.11 Å². The zero-order chi connectivity index (χ0) is 24.6. The van der Waals surface area contributed by atoms with Crippen LogP contribution in [0.5, 0.6) is 11.5 Å². The third-order valence-electron chi connectivity index (χ3n) is 7.62. The monoisotopic (exact) mass is 518 g/mol. The topological polar surface area (TPSA) is 35.9 Å². The molecule has 1 fully saturated rings. The Kier molecular flexibility index (Phi) is 6.65. The first-order valence-electron chi connectivity index (χ1n) is 12.7. The summed E-state index contributed by atoms with van der Waals surface area (Å²) in [5.41, 5.74) is 4.97. The number of nitrogens with zero attached hydrogens (tertiary/aromatic N) is 2. The Bertz CT molecular complexity index is 1380. The van der Waals surface area contributed by atoms with Gasteiger partial charge in [0.25, 0.3) is 0 Å². The average Bonchev–Trinajstić information content (AvgIpc) is 3.52. The number of benzene rings is 3. The first-order chi connectivity index (χ1) is 17.6. The van der Waals surface area contributed by atoms with E-state index in [2.05, 4.69) is 52.3 Å². The first kappa shape index (κ1) is 23.8. The van der Waals surface area contributed by atoms with Crippen LogP contribution >= 0.6 is 22.9 Å². The number of methoxy groups -OCH3 is 1. The maximum Gasteiger partial charge on any atom is 0.160 e. The number of hydrogen-bond donors (Lipinski definition) is 1. The van der Waals surface area contributed by atoms with Crippen LogP contribution in [0.15, 0.2) is 60.7 Å². The second kappa shape index (κ2) is 10.1. The SMILES string of the molecule is COc1cc2c(cc1O)C(c1ccc(CN3CCCC3)cc1)N(Cc1sc3ccccc3c1Cl)CC2. The van der Waals surface area contributed by atoms with E-state index < -0.39 is 0 Å². The molecule has 0 bridgehead atoms. The van der Waals surface area contributed by atoms with E-state index in [-0.39, 0.29) is 11.8 Å². The molecule has 1 saturated heterocycles. The first-order valence-corrected chi connectivity index (χ1v) is 13.9. The summed E-state index contributed by atoms with van der Waals surface area (Å²) in [7, 11) is 1.61. The molecule has 4 aromatic rings. The average molecular weight is 519 g/mol. The summed E-state index contributed by atoms with van der Waals surface area (Å²) in [6, 6.07) is 21.4. The minimum Gasteiger partial charge on any atom is -0.504 e. The molecule has 2 aliphatic rings. The summed E-state index contributed by atoms with van der Waals surface area (Å²) in [4.78, 5) is 6.22. The van der Waals surface area contributed by atoms with Gasteiger partial charge in [0.1, 0.15) is 0 Å². The summed E-state index contributed by atoms with van der Waals surface area (Å²) in [5.74, 6) is 0.725. The van der Waals surface area contributed by atoms with Gasteiger partial charge in [-0.15, -0.1) is 11.3 Å². The van der Waals surface area contributed by atoms with Gasteiger partial charge >= 0.3 is 0 Å². The number of likely N-dealkylation sites (tertiary alicyclic amines) is 1. The lowest BCUT2D eigenvalue weighted by Crippen LogP contribution is -2.35.